The van der Waals surface area contributed by atoms with E-state index in [0.29, 0.717) is 0 Å². The van der Waals surface area contributed by atoms with Crippen LogP contribution in [-0.4, -0.2) is 28.1 Å². The molecule has 0 atom stereocenters. The van der Waals surface area contributed by atoms with Crippen molar-refractivity contribution in [1.82, 2.24) is 4.13 Å². The number of hydrogen-bond acceptors (Lipinski definition) is 4. The van der Waals surface area contributed by atoms with E-state index in [1.165, 1.54) is 0 Å². The summed E-state index contributed by atoms with van der Waals surface area (Å²) in [6.07, 6.45) is 0. The second kappa shape index (κ2) is 3.58. The van der Waals surface area contributed by atoms with Crippen LogP contribution < -0.4 is 4.13 Å². The third-order valence-corrected chi connectivity index (χ3v) is 3.65. The predicted octanol–water partition coefficient (Wildman–Crippen LogP) is -0.0220. The van der Waals surface area contributed by atoms with Gasteiger partial charge < -0.3 is 0 Å². The smallest absolute Gasteiger partial charge is 0.205 e. The molecule has 14 heavy (non-hydrogen) atoms. The number of sulfonamides is 2. The van der Waals surface area contributed by atoms with Crippen LogP contribution in [0.25, 0.3) is 0 Å². The largest absolute Gasteiger partial charge is 0.512 e. The lowest BCUT2D eigenvalue weighted by Gasteiger charge is -2.08. The summed E-state index contributed by atoms with van der Waals surface area (Å²) in [5, 5.41) is 0. The molecule has 0 heterocycles. The van der Waals surface area contributed by atoms with E-state index in [9.17, 15) is 38.8 Å². The first-order chi connectivity index (χ1) is 5.90. The van der Waals surface area contributed by atoms with Gasteiger partial charge in [-0.1, -0.05) is 4.13 Å². The van der Waals surface area contributed by atoms with Gasteiger partial charge in [-0.05, 0) is 0 Å². The summed E-state index contributed by atoms with van der Waals surface area (Å²) in [7, 11) is -12.1. The van der Waals surface area contributed by atoms with Crippen LogP contribution in [0.5, 0.6) is 0 Å². The third kappa shape index (κ3) is 3.02. The van der Waals surface area contributed by atoms with Crippen molar-refractivity contribution in [2.75, 3.05) is 0 Å². The van der Waals surface area contributed by atoms with Gasteiger partial charge in [-0.25, -0.2) is 16.8 Å². The van der Waals surface area contributed by atoms with Gasteiger partial charge in [0.15, 0.2) is 0 Å². The Bertz CT molecular complexity index is 392. The minimum Gasteiger partial charge on any atom is -0.205 e. The van der Waals surface area contributed by atoms with Gasteiger partial charge in [-0.2, -0.15) is 22.0 Å². The lowest BCUT2D eigenvalue weighted by atomic mass is 11.6. The molecule has 5 nitrogen and oxygen atoms in total. The zero-order valence-electron chi connectivity index (χ0n) is 5.92. The molecule has 0 fully saturated rings. The fourth-order valence-corrected chi connectivity index (χ4v) is 2.13. The lowest BCUT2D eigenvalue weighted by molar-refractivity contribution is -0.0441. The van der Waals surface area contributed by atoms with Crippen molar-refractivity contribution in [3.8, 4) is 0 Å². The van der Waals surface area contributed by atoms with Gasteiger partial charge in [-0.3, -0.25) is 0 Å². The summed E-state index contributed by atoms with van der Waals surface area (Å²) in [5.74, 6) is -4.26. The van der Waals surface area contributed by atoms with E-state index in [1.807, 2.05) is 0 Å². The van der Waals surface area contributed by atoms with Crippen molar-refractivity contribution in [2.45, 2.75) is 11.3 Å². The lowest BCUT2D eigenvalue weighted by Crippen LogP contribution is -2.42. The number of nitrogens with one attached hydrogen (secondary N) is 1. The number of alkyl halides is 5. The molecular weight excluding hydrogens is 261 g/mol. The van der Waals surface area contributed by atoms with Gasteiger partial charge in [0, 0.05) is 0 Å². The van der Waals surface area contributed by atoms with Crippen LogP contribution in [0.15, 0.2) is 0 Å². The monoisotopic (exact) mass is 263 g/mol. The molecule has 0 aliphatic rings. The minimum atomic E-state index is -6.32. The fraction of sp³-hybridized carbons (Fsp3) is 1.00. The van der Waals surface area contributed by atoms with E-state index in [1.54, 1.807) is 0 Å². The summed E-state index contributed by atoms with van der Waals surface area (Å²) in [5.41, 5.74) is -5.96. The molecule has 0 saturated carbocycles. The van der Waals surface area contributed by atoms with Crippen molar-refractivity contribution < 1.29 is 38.8 Å². The molecule has 0 aromatic heterocycles. The highest BCUT2D eigenvalue weighted by molar-refractivity contribution is 8.05. The predicted molar refractivity (Wildman–Crippen MR) is 33.0 cm³/mol. The van der Waals surface area contributed by atoms with Crippen molar-refractivity contribution in [1.29, 1.82) is 0 Å². The number of rotatable bonds is 3. The van der Waals surface area contributed by atoms with Crippen LogP contribution >= 0.6 is 0 Å². The molecule has 1 N–H and O–H groups in total. The SMILES string of the molecule is O=S(=O)(NS(=O)(=O)C(F)(F)F)C(F)F. The summed E-state index contributed by atoms with van der Waals surface area (Å²) in [6.45, 7) is 0. The average molecular weight is 263 g/mol. The van der Waals surface area contributed by atoms with Crippen LogP contribution in [0.3, 0.4) is 0 Å². The van der Waals surface area contributed by atoms with E-state index in [-0.39, 0.29) is 4.13 Å². The normalized spacial score (nSPS) is 14.7. The van der Waals surface area contributed by atoms with E-state index in [4.69, 9.17) is 0 Å². The van der Waals surface area contributed by atoms with Gasteiger partial charge in [-0.15, -0.1) is 0 Å². The first kappa shape index (κ1) is 13.5. The van der Waals surface area contributed by atoms with Gasteiger partial charge >= 0.3 is 21.3 Å². The molecule has 0 radical (unpaired) electrons. The highest BCUT2D eigenvalue weighted by atomic mass is 32.3. The highest BCUT2D eigenvalue weighted by Crippen LogP contribution is 2.22. The Balaban J connectivity index is 5.09. The Hall–Kier alpha value is -0.490. The van der Waals surface area contributed by atoms with Crippen molar-refractivity contribution >= 4 is 20.0 Å². The van der Waals surface area contributed by atoms with Crippen molar-refractivity contribution in [3.63, 3.8) is 0 Å². The molecule has 0 aromatic rings. The van der Waals surface area contributed by atoms with Gasteiger partial charge in [0.25, 0.3) is 10.0 Å². The Morgan fingerprint density at radius 3 is 1.57 bits per heavy atom. The molecule has 12 heteroatoms. The first-order valence-corrected chi connectivity index (χ1v) is 5.55. The molecule has 0 saturated heterocycles. The van der Waals surface area contributed by atoms with Gasteiger partial charge in [0.2, 0.25) is 0 Å². The molecule has 0 rings (SSSR count). The number of hydrogen-bond donors (Lipinski definition) is 1. The zero-order chi connectivity index (χ0) is 11.8. The quantitative estimate of drug-likeness (QED) is 0.725. The summed E-state index contributed by atoms with van der Waals surface area (Å²) in [4.78, 5) is 0. The molecule has 86 valence electrons. The Morgan fingerprint density at radius 2 is 1.36 bits per heavy atom. The Morgan fingerprint density at radius 1 is 1.00 bits per heavy atom. The highest BCUT2D eigenvalue weighted by Gasteiger charge is 2.49. The molecule has 0 aromatic carbocycles. The molecule has 0 bridgehead atoms. The molecule has 0 amide bonds. The first-order valence-electron chi connectivity index (χ1n) is 2.52. The summed E-state index contributed by atoms with van der Waals surface area (Å²) < 4.78 is 97.3. The van der Waals surface area contributed by atoms with E-state index >= 15 is 0 Å². The van der Waals surface area contributed by atoms with E-state index in [0.717, 1.165) is 0 Å². The van der Waals surface area contributed by atoms with Crippen LogP contribution in [0.4, 0.5) is 22.0 Å². The Kier molecular flexibility index (Phi) is 3.46. The minimum absolute atomic E-state index is 0.159. The van der Waals surface area contributed by atoms with Crippen LogP contribution in [0.2, 0.25) is 0 Å². The van der Waals surface area contributed by atoms with Crippen molar-refractivity contribution in [2.24, 2.45) is 0 Å². The van der Waals surface area contributed by atoms with Crippen molar-refractivity contribution in [3.05, 3.63) is 0 Å². The third-order valence-electron chi connectivity index (χ3n) is 0.765. The average Bonchev–Trinajstić information content (AvgIpc) is 1.80. The maximum atomic E-state index is 11.5. The van der Waals surface area contributed by atoms with E-state index in [2.05, 4.69) is 0 Å². The maximum Gasteiger partial charge on any atom is 0.512 e. The standard InChI is InChI=1S/C2H2F5NO4S2/c3-1(4)13(9,10)8-14(11,12)2(5,6)7/h1,8H. The summed E-state index contributed by atoms with van der Waals surface area (Å²) in [6, 6.07) is 0. The van der Waals surface area contributed by atoms with Gasteiger partial charge in [0.05, 0.1) is 0 Å². The maximum absolute atomic E-state index is 11.5. The molecular formula is C2H2F5NO4S2. The summed E-state index contributed by atoms with van der Waals surface area (Å²) >= 11 is 0. The molecule has 0 spiro atoms. The zero-order valence-corrected chi connectivity index (χ0v) is 7.55. The van der Waals surface area contributed by atoms with Crippen LogP contribution in [0.1, 0.15) is 0 Å². The van der Waals surface area contributed by atoms with Crippen LogP contribution in [0, 0.1) is 0 Å². The molecule has 0 aliphatic carbocycles. The Labute approximate surface area is 75.0 Å². The fourth-order valence-electron chi connectivity index (χ4n) is 0.237. The van der Waals surface area contributed by atoms with Gasteiger partial charge in [0.1, 0.15) is 0 Å². The van der Waals surface area contributed by atoms with Crippen LogP contribution in [-0.2, 0) is 20.0 Å². The second-order valence-corrected chi connectivity index (χ2v) is 5.42. The molecule has 0 aliphatic heterocycles. The second-order valence-electron chi connectivity index (χ2n) is 1.84. The van der Waals surface area contributed by atoms with E-state index < -0.39 is 31.3 Å². The molecule has 0 unspecified atom stereocenters. The topological polar surface area (TPSA) is 80.3 Å². The number of halogens is 5.